The maximum absolute atomic E-state index is 13.4. The van der Waals surface area contributed by atoms with Crippen molar-refractivity contribution in [2.45, 2.75) is 13.3 Å². The number of hydrogen-bond acceptors (Lipinski definition) is 5. The van der Waals surface area contributed by atoms with Crippen LogP contribution >= 0.6 is 0 Å². The van der Waals surface area contributed by atoms with Crippen molar-refractivity contribution in [3.05, 3.63) is 53.0 Å². The van der Waals surface area contributed by atoms with Crippen LogP contribution in [-0.4, -0.2) is 52.2 Å². The lowest BCUT2D eigenvalue weighted by molar-refractivity contribution is 0.260. The van der Waals surface area contributed by atoms with Crippen LogP contribution in [0.4, 0.5) is 14.6 Å². The van der Waals surface area contributed by atoms with E-state index in [1.54, 1.807) is 6.07 Å². The van der Waals surface area contributed by atoms with Crippen molar-refractivity contribution in [1.29, 1.82) is 5.26 Å². The van der Waals surface area contributed by atoms with E-state index in [1.165, 1.54) is 18.5 Å². The summed E-state index contributed by atoms with van der Waals surface area (Å²) in [5, 5.41) is 9.46. The monoisotopic (exact) mass is 396 g/mol. The number of aromatic nitrogens is 3. The van der Waals surface area contributed by atoms with Crippen LogP contribution in [0.25, 0.3) is 11.0 Å². The van der Waals surface area contributed by atoms with Crippen molar-refractivity contribution in [1.82, 2.24) is 19.4 Å². The Labute approximate surface area is 168 Å². The predicted molar refractivity (Wildman–Crippen MR) is 107 cm³/mol. The van der Waals surface area contributed by atoms with Gasteiger partial charge in [0.2, 0.25) is 0 Å². The lowest BCUT2D eigenvalue weighted by atomic mass is 10.1. The third kappa shape index (κ3) is 3.54. The van der Waals surface area contributed by atoms with Gasteiger partial charge in [0.15, 0.2) is 17.5 Å². The molecule has 150 valence electrons. The van der Waals surface area contributed by atoms with Crippen LogP contribution in [0.2, 0.25) is 0 Å². The molecule has 3 heterocycles. The van der Waals surface area contributed by atoms with Crippen LogP contribution in [0.15, 0.2) is 24.5 Å². The van der Waals surface area contributed by atoms with E-state index in [4.69, 9.17) is 0 Å². The molecule has 0 radical (unpaired) electrons. The second-order valence-electron chi connectivity index (χ2n) is 7.35. The van der Waals surface area contributed by atoms with Crippen molar-refractivity contribution in [2.24, 2.45) is 7.05 Å². The molecular weight excluding hydrogens is 374 g/mol. The van der Waals surface area contributed by atoms with E-state index in [0.717, 1.165) is 55.3 Å². The lowest BCUT2D eigenvalue weighted by Crippen LogP contribution is -2.47. The minimum atomic E-state index is -0.811. The van der Waals surface area contributed by atoms with Gasteiger partial charge in [0, 0.05) is 45.5 Å². The fourth-order valence-corrected chi connectivity index (χ4v) is 3.90. The van der Waals surface area contributed by atoms with Gasteiger partial charge < -0.3 is 9.47 Å². The Bertz CT molecular complexity index is 1090. The first kappa shape index (κ1) is 19.3. The molecule has 1 aromatic carbocycles. The summed E-state index contributed by atoms with van der Waals surface area (Å²) in [6.45, 7) is 6.01. The zero-order chi connectivity index (χ0) is 20.5. The van der Waals surface area contributed by atoms with E-state index in [1.807, 2.05) is 18.5 Å². The molecule has 6 nitrogen and oxygen atoms in total. The number of benzene rings is 1. The second kappa shape index (κ2) is 7.76. The summed E-state index contributed by atoms with van der Waals surface area (Å²) in [6, 6.07) is 6.34. The molecule has 0 saturated carbocycles. The first-order valence-electron chi connectivity index (χ1n) is 9.61. The first-order valence-corrected chi connectivity index (χ1v) is 9.61. The number of aryl methyl sites for hydroxylation is 1. The predicted octanol–water partition coefficient (Wildman–Crippen LogP) is 2.79. The average Bonchev–Trinajstić information content (AvgIpc) is 2.99. The van der Waals surface area contributed by atoms with E-state index < -0.39 is 11.6 Å². The number of piperazine rings is 1. The maximum Gasteiger partial charge on any atom is 0.159 e. The maximum atomic E-state index is 13.4. The third-order valence-corrected chi connectivity index (χ3v) is 5.72. The molecule has 0 unspecified atom stereocenters. The van der Waals surface area contributed by atoms with E-state index in [0.29, 0.717) is 17.5 Å². The molecule has 0 atom stereocenters. The number of rotatable bonds is 4. The van der Waals surface area contributed by atoms with Crippen LogP contribution in [0.1, 0.15) is 16.8 Å². The zero-order valence-electron chi connectivity index (χ0n) is 16.5. The number of fused-ring (bicyclic) bond motifs is 1. The van der Waals surface area contributed by atoms with Gasteiger partial charge in [0.05, 0.1) is 5.56 Å². The Kier molecular flexibility index (Phi) is 5.16. The highest BCUT2D eigenvalue weighted by Gasteiger charge is 2.23. The normalized spacial score (nSPS) is 15.1. The largest absolute Gasteiger partial charge is 0.352 e. The van der Waals surface area contributed by atoms with Gasteiger partial charge >= 0.3 is 0 Å². The highest BCUT2D eigenvalue weighted by atomic mass is 19.2. The Morgan fingerprint density at radius 3 is 2.55 bits per heavy atom. The summed E-state index contributed by atoms with van der Waals surface area (Å²) in [5.74, 6) is -0.758. The molecule has 0 N–H and O–H groups in total. The van der Waals surface area contributed by atoms with Crippen molar-refractivity contribution < 1.29 is 8.78 Å². The summed E-state index contributed by atoms with van der Waals surface area (Å²) in [6.07, 6.45) is 2.20. The van der Waals surface area contributed by atoms with Gasteiger partial charge in [0.1, 0.15) is 23.4 Å². The Hall–Kier alpha value is -3.05. The van der Waals surface area contributed by atoms with E-state index in [2.05, 4.69) is 25.8 Å². The highest BCUT2D eigenvalue weighted by molar-refractivity contribution is 5.92. The van der Waals surface area contributed by atoms with Crippen LogP contribution in [0.5, 0.6) is 0 Å². The number of anilines is 1. The standard InChI is InChI=1S/C21H22F2N6/c1-14-16(12-24)19-20(27(14)2)21(26-13-25-19)29-9-7-28(8-10-29)6-5-15-3-4-17(22)18(23)11-15/h3-4,11,13H,5-10H2,1-2H3. The van der Waals surface area contributed by atoms with Crippen molar-refractivity contribution in [3.63, 3.8) is 0 Å². The number of hydrogen-bond donors (Lipinski definition) is 0. The molecule has 0 aliphatic carbocycles. The Morgan fingerprint density at radius 1 is 1.10 bits per heavy atom. The molecule has 0 spiro atoms. The Morgan fingerprint density at radius 2 is 1.86 bits per heavy atom. The topological polar surface area (TPSA) is 61.0 Å². The summed E-state index contributed by atoms with van der Waals surface area (Å²) < 4.78 is 28.4. The number of nitrogens with zero attached hydrogens (tertiary/aromatic N) is 6. The van der Waals surface area contributed by atoms with Crippen molar-refractivity contribution in [3.8, 4) is 6.07 Å². The summed E-state index contributed by atoms with van der Waals surface area (Å²) >= 11 is 0. The van der Waals surface area contributed by atoms with Gasteiger partial charge in [-0.1, -0.05) is 6.07 Å². The minimum Gasteiger partial charge on any atom is -0.352 e. The molecule has 0 amide bonds. The molecule has 0 bridgehead atoms. The molecule has 2 aromatic heterocycles. The van der Waals surface area contributed by atoms with Crippen LogP contribution < -0.4 is 4.90 Å². The molecule has 1 aliphatic rings. The van der Waals surface area contributed by atoms with E-state index in [-0.39, 0.29) is 0 Å². The van der Waals surface area contributed by atoms with Gasteiger partial charge in [-0.3, -0.25) is 4.90 Å². The quantitative estimate of drug-likeness (QED) is 0.679. The molecule has 8 heteroatoms. The molecule has 1 saturated heterocycles. The van der Waals surface area contributed by atoms with Crippen molar-refractivity contribution in [2.75, 3.05) is 37.6 Å². The smallest absolute Gasteiger partial charge is 0.159 e. The fourth-order valence-electron chi connectivity index (χ4n) is 3.90. The summed E-state index contributed by atoms with van der Waals surface area (Å²) in [4.78, 5) is 13.4. The summed E-state index contributed by atoms with van der Waals surface area (Å²) in [7, 11) is 1.93. The van der Waals surface area contributed by atoms with Crippen LogP contribution in [0.3, 0.4) is 0 Å². The third-order valence-electron chi connectivity index (χ3n) is 5.72. The van der Waals surface area contributed by atoms with Gasteiger partial charge in [-0.05, 0) is 31.0 Å². The number of halogens is 2. The molecule has 3 aromatic rings. The van der Waals surface area contributed by atoms with Gasteiger partial charge in [-0.2, -0.15) is 5.26 Å². The zero-order valence-corrected chi connectivity index (χ0v) is 16.5. The average molecular weight is 396 g/mol. The fraction of sp³-hybridized carbons (Fsp3) is 0.381. The number of nitriles is 1. The van der Waals surface area contributed by atoms with E-state index in [9.17, 15) is 14.0 Å². The molecular formula is C21H22F2N6. The van der Waals surface area contributed by atoms with Gasteiger partial charge in [-0.25, -0.2) is 18.7 Å². The summed E-state index contributed by atoms with van der Waals surface area (Å²) in [5.41, 5.74) is 3.85. The van der Waals surface area contributed by atoms with E-state index >= 15 is 0 Å². The second-order valence-corrected chi connectivity index (χ2v) is 7.35. The SMILES string of the molecule is Cc1c(C#N)c2ncnc(N3CCN(CCc4ccc(F)c(F)c4)CC3)c2n1C. The van der Waals surface area contributed by atoms with Gasteiger partial charge in [-0.15, -0.1) is 0 Å². The molecule has 1 fully saturated rings. The van der Waals surface area contributed by atoms with Crippen molar-refractivity contribution >= 4 is 16.9 Å². The van der Waals surface area contributed by atoms with Crippen LogP contribution in [-0.2, 0) is 13.5 Å². The lowest BCUT2D eigenvalue weighted by Gasteiger charge is -2.35. The van der Waals surface area contributed by atoms with Gasteiger partial charge in [0.25, 0.3) is 0 Å². The molecule has 1 aliphatic heterocycles. The highest BCUT2D eigenvalue weighted by Crippen LogP contribution is 2.29. The molecule has 4 rings (SSSR count). The first-order chi connectivity index (χ1) is 14.0. The molecule has 29 heavy (non-hydrogen) atoms. The van der Waals surface area contributed by atoms with Crippen LogP contribution in [0, 0.1) is 29.9 Å². The minimum absolute atomic E-state index is 0.594. The Balaban J connectivity index is 1.45.